The second-order valence-corrected chi connectivity index (χ2v) is 13.5. The second kappa shape index (κ2) is 8.95. The van der Waals surface area contributed by atoms with Gasteiger partial charge < -0.3 is 5.73 Å². The predicted octanol–water partition coefficient (Wildman–Crippen LogP) is 10.4. The third kappa shape index (κ3) is 3.54. The molecule has 0 bridgehead atoms. The molecule has 1 N–H and O–H groups in total. The average Bonchev–Trinajstić information content (AvgIpc) is 3.41. The molecule has 204 valence electrons. The van der Waals surface area contributed by atoms with Crippen molar-refractivity contribution in [1.29, 1.82) is 0 Å². The molecule has 0 spiro atoms. The van der Waals surface area contributed by atoms with E-state index in [9.17, 15) is 5.73 Å². The van der Waals surface area contributed by atoms with E-state index in [2.05, 4.69) is 155 Å². The number of hydrogen-bond acceptors (Lipinski definition) is 0. The molecule has 0 unspecified atom stereocenters. The molecular weight excluding hydrogens is 494 g/mol. The summed E-state index contributed by atoms with van der Waals surface area (Å²) < 4.78 is 0. The summed E-state index contributed by atoms with van der Waals surface area (Å²) in [5.41, 5.74) is 20.2. The minimum atomic E-state index is -0.403. The molecule has 0 aromatic heterocycles. The summed E-state index contributed by atoms with van der Waals surface area (Å²) in [6.45, 7) is 9.54. The lowest BCUT2D eigenvalue weighted by Crippen LogP contribution is -2.31. The monoisotopic (exact) mass is 532 g/mol. The zero-order valence-corrected chi connectivity index (χ0v) is 24.5. The molecule has 2 aliphatic carbocycles. The van der Waals surface area contributed by atoms with Crippen molar-refractivity contribution in [3.05, 3.63) is 178 Å². The predicted molar refractivity (Wildman–Crippen MR) is 171 cm³/mol. The Morgan fingerprint density at radius 1 is 0.439 bits per heavy atom. The van der Waals surface area contributed by atoms with Gasteiger partial charge in [0, 0.05) is 10.8 Å². The largest absolute Gasteiger partial charge is 0.698 e. The number of fused-ring (bicyclic) bond motifs is 2. The molecule has 0 radical (unpaired) electrons. The van der Waals surface area contributed by atoms with Gasteiger partial charge in [-0.3, -0.25) is 0 Å². The van der Waals surface area contributed by atoms with E-state index in [-0.39, 0.29) is 10.8 Å². The van der Waals surface area contributed by atoms with Crippen LogP contribution in [0.3, 0.4) is 0 Å². The van der Waals surface area contributed by atoms with Gasteiger partial charge >= 0.3 is 0 Å². The van der Waals surface area contributed by atoms with Crippen molar-refractivity contribution in [3.8, 4) is 0 Å². The summed E-state index contributed by atoms with van der Waals surface area (Å²) in [6, 6.07) is 46.4. The second-order valence-electron chi connectivity index (χ2n) is 13.5. The van der Waals surface area contributed by atoms with Crippen LogP contribution in [0.15, 0.2) is 127 Å². The van der Waals surface area contributed by atoms with Gasteiger partial charge in [0.2, 0.25) is 0 Å². The summed E-state index contributed by atoms with van der Waals surface area (Å²) in [6.07, 6.45) is 1.87. The van der Waals surface area contributed by atoms with E-state index in [1.165, 1.54) is 44.5 Å². The molecule has 0 fully saturated rings. The minimum absolute atomic E-state index is 0.0906. The van der Waals surface area contributed by atoms with Gasteiger partial charge in [0.25, 0.3) is 0 Å². The molecule has 5 aromatic carbocycles. The minimum Gasteiger partial charge on any atom is -0.698 e. The van der Waals surface area contributed by atoms with Gasteiger partial charge in [-0.05, 0) is 68.2 Å². The molecule has 5 aromatic rings. The van der Waals surface area contributed by atoms with E-state index in [0.717, 1.165) is 12.8 Å². The van der Waals surface area contributed by atoms with Crippen LogP contribution in [0.4, 0.5) is 5.69 Å². The van der Waals surface area contributed by atoms with E-state index >= 15 is 0 Å². The van der Waals surface area contributed by atoms with Gasteiger partial charge in [0.05, 0.1) is 0 Å². The molecule has 0 saturated carbocycles. The standard InChI is InChI=1S/C40H38N/c1-37(2)26-39(28-17-9-5-10-18-28,29-19-11-6-12-20-29)34-32(37)25-33-35(36(34)41)40(27-38(33,3)4,30-21-13-7-14-22-30)31-23-15-8-16-24-31/h5-25,41H,26-27H2,1-4H3/q-1. The number of nitrogens with one attached hydrogen (secondary N) is 1. The molecule has 0 saturated heterocycles. The van der Waals surface area contributed by atoms with Gasteiger partial charge in [-0.1, -0.05) is 155 Å². The van der Waals surface area contributed by atoms with E-state index in [0.29, 0.717) is 5.69 Å². The van der Waals surface area contributed by atoms with Crippen LogP contribution in [-0.4, -0.2) is 0 Å². The van der Waals surface area contributed by atoms with Crippen LogP contribution in [0.2, 0.25) is 0 Å². The molecular formula is C40H38N-. The summed E-state index contributed by atoms with van der Waals surface area (Å²) in [5.74, 6) is 0. The van der Waals surface area contributed by atoms with Crippen molar-refractivity contribution >= 4 is 5.69 Å². The van der Waals surface area contributed by atoms with Crippen LogP contribution in [0.1, 0.15) is 85.0 Å². The Morgan fingerprint density at radius 2 is 0.707 bits per heavy atom. The first-order chi connectivity index (χ1) is 19.7. The summed E-state index contributed by atoms with van der Waals surface area (Å²) >= 11 is 0. The summed E-state index contributed by atoms with van der Waals surface area (Å²) in [5, 5.41) is 0. The highest BCUT2D eigenvalue weighted by molar-refractivity contribution is 5.80. The van der Waals surface area contributed by atoms with Crippen LogP contribution >= 0.6 is 0 Å². The highest BCUT2D eigenvalue weighted by Gasteiger charge is 2.55. The Kier molecular flexibility index (Phi) is 5.64. The maximum absolute atomic E-state index is 10.4. The molecule has 2 aliphatic rings. The van der Waals surface area contributed by atoms with E-state index in [1.54, 1.807) is 0 Å². The Balaban J connectivity index is 1.65. The van der Waals surface area contributed by atoms with Gasteiger partial charge in [-0.15, -0.1) is 5.69 Å². The highest BCUT2D eigenvalue weighted by atomic mass is 14.7. The molecule has 1 nitrogen and oxygen atoms in total. The maximum Gasteiger partial charge on any atom is 0.0450 e. The molecule has 0 amide bonds. The number of hydrogen-bond donors (Lipinski definition) is 0. The zero-order valence-electron chi connectivity index (χ0n) is 24.5. The third-order valence-corrected chi connectivity index (χ3v) is 10.1. The molecule has 0 atom stereocenters. The van der Waals surface area contributed by atoms with Gasteiger partial charge in [0.15, 0.2) is 0 Å². The Hall–Kier alpha value is -4.10. The number of rotatable bonds is 4. The first-order valence-electron chi connectivity index (χ1n) is 14.9. The molecule has 7 rings (SSSR count). The summed E-state index contributed by atoms with van der Waals surface area (Å²) in [7, 11) is 0. The van der Waals surface area contributed by atoms with Crippen LogP contribution in [0.25, 0.3) is 5.73 Å². The fraction of sp³-hybridized carbons (Fsp3) is 0.250. The van der Waals surface area contributed by atoms with Gasteiger partial charge in [0.1, 0.15) is 0 Å². The van der Waals surface area contributed by atoms with Gasteiger partial charge in [-0.2, -0.15) is 0 Å². The molecule has 41 heavy (non-hydrogen) atoms. The van der Waals surface area contributed by atoms with Crippen LogP contribution in [0, 0.1) is 0 Å². The quantitative estimate of drug-likeness (QED) is 0.220. The van der Waals surface area contributed by atoms with Crippen LogP contribution in [-0.2, 0) is 21.7 Å². The molecule has 0 aliphatic heterocycles. The smallest absolute Gasteiger partial charge is 0.0450 e. The highest BCUT2D eigenvalue weighted by Crippen LogP contribution is 2.66. The fourth-order valence-electron chi connectivity index (χ4n) is 8.54. The Bertz CT molecular complexity index is 1510. The first kappa shape index (κ1) is 25.8. The Morgan fingerprint density at radius 3 is 0.976 bits per heavy atom. The first-order valence-corrected chi connectivity index (χ1v) is 14.9. The van der Waals surface area contributed by atoms with Crippen LogP contribution < -0.4 is 0 Å². The van der Waals surface area contributed by atoms with Gasteiger partial charge in [-0.25, -0.2) is 0 Å². The van der Waals surface area contributed by atoms with Crippen molar-refractivity contribution < 1.29 is 0 Å². The van der Waals surface area contributed by atoms with E-state index < -0.39 is 10.8 Å². The molecule has 1 heteroatoms. The van der Waals surface area contributed by atoms with E-state index in [4.69, 9.17) is 0 Å². The van der Waals surface area contributed by atoms with Crippen molar-refractivity contribution in [2.75, 3.05) is 0 Å². The Labute approximate surface area is 245 Å². The third-order valence-electron chi connectivity index (χ3n) is 10.1. The SMILES string of the molecule is CC1(C)CC(c2ccccc2)(c2ccccc2)c2c1cc1c(c2[NH-])C(c2ccccc2)(c2ccccc2)CC1(C)C. The van der Waals surface area contributed by atoms with Crippen LogP contribution in [0.5, 0.6) is 0 Å². The average molecular weight is 533 g/mol. The van der Waals surface area contributed by atoms with Crippen molar-refractivity contribution in [3.63, 3.8) is 0 Å². The normalized spacial score (nSPS) is 18.9. The topological polar surface area (TPSA) is 23.8 Å². The maximum atomic E-state index is 10.4. The lowest BCUT2D eigenvalue weighted by Gasteiger charge is -2.40. The summed E-state index contributed by atoms with van der Waals surface area (Å²) in [4.78, 5) is 0. The van der Waals surface area contributed by atoms with Crippen molar-refractivity contribution in [1.82, 2.24) is 0 Å². The number of benzene rings is 5. The van der Waals surface area contributed by atoms with Crippen molar-refractivity contribution in [2.24, 2.45) is 0 Å². The lowest BCUT2D eigenvalue weighted by molar-refractivity contribution is 0.436. The van der Waals surface area contributed by atoms with E-state index in [1.807, 2.05) is 0 Å². The fourth-order valence-corrected chi connectivity index (χ4v) is 8.54. The van der Waals surface area contributed by atoms with Crippen molar-refractivity contribution in [2.45, 2.75) is 62.2 Å². The lowest BCUT2D eigenvalue weighted by atomic mass is 9.65. The molecule has 0 heterocycles. The zero-order chi connectivity index (χ0) is 28.5.